The molecule has 2 aromatic rings. The van der Waals surface area contributed by atoms with Crippen molar-refractivity contribution in [1.29, 1.82) is 0 Å². The van der Waals surface area contributed by atoms with Gasteiger partial charge in [-0.25, -0.2) is 4.98 Å². The summed E-state index contributed by atoms with van der Waals surface area (Å²) in [5.74, 6) is 0.105. The first-order valence-corrected chi connectivity index (χ1v) is 6.15. The highest BCUT2D eigenvalue weighted by molar-refractivity contribution is 6.42. The van der Waals surface area contributed by atoms with E-state index in [0.29, 0.717) is 5.56 Å². The number of hydrogen-bond acceptors (Lipinski definition) is 4. The van der Waals surface area contributed by atoms with E-state index in [-0.39, 0.29) is 27.2 Å². The van der Waals surface area contributed by atoms with Gasteiger partial charge in [-0.05, 0) is 11.6 Å². The van der Waals surface area contributed by atoms with Gasteiger partial charge in [0.05, 0.1) is 0 Å². The maximum atomic E-state index is 5.84. The maximum absolute atomic E-state index is 5.84. The molecule has 0 saturated carbocycles. The predicted molar refractivity (Wildman–Crippen MR) is 74.9 cm³/mol. The lowest BCUT2D eigenvalue weighted by atomic mass is 10.2. The number of aromatic nitrogens is 2. The summed E-state index contributed by atoms with van der Waals surface area (Å²) in [6.45, 7) is 0. The Morgan fingerprint density at radius 2 is 1.79 bits per heavy atom. The zero-order chi connectivity index (χ0) is 13.8. The van der Waals surface area contributed by atoms with Crippen molar-refractivity contribution in [3.05, 3.63) is 51.4 Å². The highest BCUT2D eigenvalue weighted by atomic mass is 35.5. The molecule has 5 nitrogen and oxygen atoms in total. The normalized spacial score (nSPS) is 11.4. The molecule has 0 aliphatic carbocycles. The average Bonchev–Trinajstić information content (AvgIpc) is 2.41. The number of nitrogens with two attached hydrogens (primary N) is 1. The van der Waals surface area contributed by atoms with E-state index in [9.17, 15) is 0 Å². The molecular formula is C11H7Cl3N4O. The Bertz CT molecular complexity index is 619. The molecule has 0 atom stereocenters. The second-order valence-electron chi connectivity index (χ2n) is 3.34. The first kappa shape index (κ1) is 13.9. The van der Waals surface area contributed by atoms with E-state index in [4.69, 9.17) is 45.4 Å². The van der Waals surface area contributed by atoms with Crippen molar-refractivity contribution in [1.82, 2.24) is 9.97 Å². The van der Waals surface area contributed by atoms with Crippen LogP contribution in [0.15, 0.2) is 35.5 Å². The molecule has 1 heterocycles. The van der Waals surface area contributed by atoms with Crippen molar-refractivity contribution in [2.24, 2.45) is 10.9 Å². The number of hydrogen-bond donors (Lipinski definition) is 1. The summed E-state index contributed by atoms with van der Waals surface area (Å²) in [5.41, 5.74) is 6.44. The summed E-state index contributed by atoms with van der Waals surface area (Å²) in [4.78, 5) is 12.4. The molecule has 0 amide bonds. The fourth-order valence-electron chi connectivity index (χ4n) is 1.19. The molecule has 1 aromatic carbocycles. The molecule has 98 valence electrons. The molecule has 0 radical (unpaired) electrons. The second-order valence-corrected chi connectivity index (χ2v) is 4.41. The standard InChI is InChI=1S/C11H7Cl3N4O/c12-7-8(13)16-11(14)17-10(7)19-18-9(15)6-4-2-1-3-5-6/h1-5H,(H2,15,18). The van der Waals surface area contributed by atoms with Gasteiger partial charge in [0, 0.05) is 5.56 Å². The zero-order valence-corrected chi connectivity index (χ0v) is 11.6. The van der Waals surface area contributed by atoms with Crippen LogP contribution in [-0.2, 0) is 0 Å². The Hall–Kier alpha value is -1.56. The Morgan fingerprint density at radius 1 is 1.11 bits per heavy atom. The minimum Gasteiger partial charge on any atom is -0.380 e. The average molecular weight is 318 g/mol. The minimum atomic E-state index is -0.0992. The molecule has 0 fully saturated rings. The molecule has 0 spiro atoms. The lowest BCUT2D eigenvalue weighted by Crippen LogP contribution is -2.14. The Morgan fingerprint density at radius 3 is 2.47 bits per heavy atom. The number of benzene rings is 1. The van der Waals surface area contributed by atoms with Crippen LogP contribution >= 0.6 is 34.8 Å². The van der Waals surface area contributed by atoms with E-state index in [1.807, 2.05) is 18.2 Å². The Balaban J connectivity index is 2.23. The monoisotopic (exact) mass is 316 g/mol. The summed E-state index contributed by atoms with van der Waals surface area (Å²) < 4.78 is 0. The largest absolute Gasteiger partial charge is 0.380 e. The van der Waals surface area contributed by atoms with Gasteiger partial charge in [-0.2, -0.15) is 4.98 Å². The third-order valence-electron chi connectivity index (χ3n) is 2.05. The SMILES string of the molecule is NC(=NOc1nc(Cl)nc(Cl)c1Cl)c1ccccc1. The molecule has 0 saturated heterocycles. The maximum Gasteiger partial charge on any atom is 0.273 e. The fourth-order valence-corrected chi connectivity index (χ4v) is 1.68. The number of rotatable bonds is 3. The van der Waals surface area contributed by atoms with Crippen molar-refractivity contribution in [3.8, 4) is 5.88 Å². The first-order chi connectivity index (χ1) is 9.08. The Kier molecular flexibility index (Phi) is 4.42. The van der Waals surface area contributed by atoms with Gasteiger partial charge in [-0.3, -0.25) is 0 Å². The smallest absolute Gasteiger partial charge is 0.273 e. The van der Waals surface area contributed by atoms with Gasteiger partial charge in [-0.15, -0.1) is 0 Å². The third kappa shape index (κ3) is 3.47. The summed E-state index contributed by atoms with van der Waals surface area (Å²) in [6, 6.07) is 9.07. The molecule has 1 aromatic heterocycles. The zero-order valence-electron chi connectivity index (χ0n) is 9.35. The first-order valence-electron chi connectivity index (χ1n) is 5.02. The van der Waals surface area contributed by atoms with Crippen molar-refractivity contribution in [2.45, 2.75) is 0 Å². The molecular weight excluding hydrogens is 311 g/mol. The lowest BCUT2D eigenvalue weighted by Gasteiger charge is -2.03. The van der Waals surface area contributed by atoms with Crippen LogP contribution in [0.5, 0.6) is 5.88 Å². The third-order valence-corrected chi connectivity index (χ3v) is 2.93. The Labute approximate surface area is 124 Å². The van der Waals surface area contributed by atoms with Gasteiger partial charge in [0.15, 0.2) is 11.0 Å². The minimum absolute atomic E-state index is 0.00989. The van der Waals surface area contributed by atoms with Gasteiger partial charge in [0.1, 0.15) is 5.02 Å². The van der Waals surface area contributed by atoms with Crippen molar-refractivity contribution >= 4 is 40.6 Å². The van der Waals surface area contributed by atoms with Crippen LogP contribution in [0.1, 0.15) is 5.56 Å². The molecule has 2 rings (SSSR count). The summed E-state index contributed by atoms with van der Waals surface area (Å²) in [5, 5.41) is 3.60. The van der Waals surface area contributed by atoms with Crippen LogP contribution in [0.4, 0.5) is 0 Å². The number of nitrogens with zero attached hydrogens (tertiary/aromatic N) is 3. The van der Waals surface area contributed by atoms with Crippen LogP contribution in [0, 0.1) is 0 Å². The number of halogens is 3. The van der Waals surface area contributed by atoms with Gasteiger partial charge in [-0.1, -0.05) is 58.7 Å². The van der Waals surface area contributed by atoms with Crippen LogP contribution in [0.25, 0.3) is 0 Å². The summed E-state index contributed by atoms with van der Waals surface area (Å²) in [6.07, 6.45) is 0. The highest BCUT2D eigenvalue weighted by Crippen LogP contribution is 2.29. The van der Waals surface area contributed by atoms with Crippen molar-refractivity contribution in [3.63, 3.8) is 0 Å². The topological polar surface area (TPSA) is 73.4 Å². The van der Waals surface area contributed by atoms with E-state index in [1.54, 1.807) is 12.1 Å². The van der Waals surface area contributed by atoms with E-state index in [1.165, 1.54) is 0 Å². The van der Waals surface area contributed by atoms with E-state index in [0.717, 1.165) is 0 Å². The van der Waals surface area contributed by atoms with Crippen molar-refractivity contribution in [2.75, 3.05) is 0 Å². The van der Waals surface area contributed by atoms with Crippen LogP contribution in [0.3, 0.4) is 0 Å². The molecule has 8 heteroatoms. The van der Waals surface area contributed by atoms with E-state index >= 15 is 0 Å². The second kappa shape index (κ2) is 6.06. The highest BCUT2D eigenvalue weighted by Gasteiger charge is 2.12. The molecule has 0 aliphatic rings. The van der Waals surface area contributed by atoms with Crippen LogP contribution < -0.4 is 10.6 Å². The van der Waals surface area contributed by atoms with E-state index < -0.39 is 0 Å². The van der Waals surface area contributed by atoms with Gasteiger partial charge in [0.2, 0.25) is 5.28 Å². The quantitative estimate of drug-likeness (QED) is 0.310. The van der Waals surface area contributed by atoms with Crippen molar-refractivity contribution < 1.29 is 4.84 Å². The summed E-state index contributed by atoms with van der Waals surface area (Å²) in [7, 11) is 0. The fraction of sp³-hybridized carbons (Fsp3) is 0. The molecule has 0 bridgehead atoms. The van der Waals surface area contributed by atoms with Crippen LogP contribution in [-0.4, -0.2) is 15.8 Å². The lowest BCUT2D eigenvalue weighted by molar-refractivity contribution is 0.326. The molecule has 19 heavy (non-hydrogen) atoms. The van der Waals surface area contributed by atoms with Gasteiger partial charge >= 0.3 is 0 Å². The van der Waals surface area contributed by atoms with Gasteiger partial charge in [0.25, 0.3) is 5.88 Å². The summed E-state index contributed by atoms with van der Waals surface area (Å²) >= 11 is 17.2. The molecule has 0 aliphatic heterocycles. The number of amidine groups is 1. The number of oxime groups is 1. The molecule has 2 N–H and O–H groups in total. The van der Waals surface area contributed by atoms with E-state index in [2.05, 4.69) is 15.1 Å². The predicted octanol–water partition coefficient (Wildman–Crippen LogP) is 3.14. The molecule has 0 unspecified atom stereocenters. The van der Waals surface area contributed by atoms with Gasteiger partial charge < -0.3 is 10.6 Å². The van der Waals surface area contributed by atoms with Crippen LogP contribution in [0.2, 0.25) is 15.5 Å².